The Bertz CT molecular complexity index is 452. The number of hydrogen-bond acceptors (Lipinski definition) is 6. The van der Waals surface area contributed by atoms with E-state index in [-0.39, 0.29) is 6.10 Å². The molecule has 1 aromatic rings. The van der Waals surface area contributed by atoms with Crippen LogP contribution in [-0.4, -0.2) is 31.4 Å². The summed E-state index contributed by atoms with van der Waals surface area (Å²) in [5.74, 6) is 0.556. The van der Waals surface area contributed by atoms with Gasteiger partial charge < -0.3 is 20.5 Å². The molecule has 5 nitrogen and oxygen atoms in total. The minimum absolute atomic E-state index is 0.317. The molecule has 0 bridgehead atoms. The number of nitrogen functional groups attached to an aromatic ring is 1. The first-order chi connectivity index (χ1) is 8.17. The summed E-state index contributed by atoms with van der Waals surface area (Å²) in [6.07, 6.45) is 1.44. The van der Waals surface area contributed by atoms with Crippen molar-refractivity contribution in [1.82, 2.24) is 0 Å². The van der Waals surface area contributed by atoms with Crippen LogP contribution in [0.1, 0.15) is 17.7 Å². The molecule has 1 saturated heterocycles. The van der Waals surface area contributed by atoms with E-state index in [2.05, 4.69) is 6.07 Å². The number of piperidine rings is 1. The zero-order valence-electron chi connectivity index (χ0n) is 9.64. The number of ether oxygens (including phenoxy) is 1. The summed E-state index contributed by atoms with van der Waals surface area (Å²) in [4.78, 5) is 2.51. The number of methoxy groups -OCH3 is 1. The fraction of sp³-hybridized carbons (Fsp3) is 0.545. The van der Waals surface area contributed by atoms with Crippen LogP contribution in [0.5, 0.6) is 5.75 Å². The predicted octanol–water partition coefficient (Wildman–Crippen LogP) is 1.17. The molecule has 3 N–H and O–H groups in total. The van der Waals surface area contributed by atoms with Gasteiger partial charge in [0.2, 0.25) is 0 Å². The first-order valence-corrected chi connectivity index (χ1v) is 6.28. The molecule has 0 saturated carbocycles. The molecule has 6 heteroatoms. The molecule has 17 heavy (non-hydrogen) atoms. The summed E-state index contributed by atoms with van der Waals surface area (Å²) < 4.78 is 5.26. The van der Waals surface area contributed by atoms with E-state index in [9.17, 15) is 5.11 Å². The van der Waals surface area contributed by atoms with Crippen LogP contribution in [0.4, 0.5) is 10.7 Å². The number of nitrogens with two attached hydrogens (primary N) is 1. The zero-order valence-corrected chi connectivity index (χ0v) is 10.5. The number of aliphatic hydroxyl groups is 1. The molecule has 1 aromatic heterocycles. The lowest BCUT2D eigenvalue weighted by atomic mass is 10.1. The van der Waals surface area contributed by atoms with Crippen LogP contribution >= 0.6 is 11.3 Å². The van der Waals surface area contributed by atoms with Crippen LogP contribution < -0.4 is 15.4 Å². The molecule has 0 aliphatic carbocycles. The SMILES string of the molecule is COc1c(N2CCCC(O)C2)sc(C#N)c1N. The van der Waals surface area contributed by atoms with Crippen LogP contribution in [0.3, 0.4) is 0 Å². The summed E-state index contributed by atoms with van der Waals surface area (Å²) in [6.45, 7) is 1.43. The molecule has 2 rings (SSSR count). The molecule has 92 valence electrons. The van der Waals surface area contributed by atoms with Crippen molar-refractivity contribution in [2.75, 3.05) is 30.8 Å². The van der Waals surface area contributed by atoms with E-state index in [4.69, 9.17) is 15.7 Å². The molecular formula is C11H15N3O2S. The minimum atomic E-state index is -0.317. The van der Waals surface area contributed by atoms with Gasteiger partial charge in [-0.25, -0.2) is 0 Å². The van der Waals surface area contributed by atoms with Gasteiger partial charge in [0, 0.05) is 13.1 Å². The summed E-state index contributed by atoms with van der Waals surface area (Å²) >= 11 is 1.32. The monoisotopic (exact) mass is 253 g/mol. The van der Waals surface area contributed by atoms with Gasteiger partial charge in [0.15, 0.2) is 5.75 Å². The zero-order chi connectivity index (χ0) is 12.4. The van der Waals surface area contributed by atoms with Gasteiger partial charge in [0.05, 0.1) is 13.2 Å². The molecule has 0 aromatic carbocycles. The normalized spacial score (nSPS) is 20.1. The quantitative estimate of drug-likeness (QED) is 0.826. The van der Waals surface area contributed by atoms with E-state index in [0.717, 1.165) is 24.4 Å². The number of anilines is 2. The molecular weight excluding hydrogens is 238 g/mol. The van der Waals surface area contributed by atoms with Crippen LogP contribution in [0.15, 0.2) is 0 Å². The third kappa shape index (κ3) is 2.16. The van der Waals surface area contributed by atoms with Gasteiger partial charge in [0.1, 0.15) is 21.6 Å². The molecule has 2 heterocycles. The van der Waals surface area contributed by atoms with E-state index in [1.165, 1.54) is 11.3 Å². The van der Waals surface area contributed by atoms with Crippen molar-refractivity contribution in [2.45, 2.75) is 18.9 Å². The Balaban J connectivity index is 2.34. The van der Waals surface area contributed by atoms with Crippen molar-refractivity contribution < 1.29 is 9.84 Å². The van der Waals surface area contributed by atoms with Crippen LogP contribution in [0.2, 0.25) is 0 Å². The Kier molecular flexibility index (Phi) is 3.41. The smallest absolute Gasteiger partial charge is 0.177 e. The standard InChI is InChI=1S/C11H15N3O2S/c1-16-10-9(13)8(5-12)17-11(10)14-4-2-3-7(15)6-14/h7,15H,2-4,6,13H2,1H3. The third-order valence-electron chi connectivity index (χ3n) is 2.87. The Morgan fingerprint density at radius 3 is 3.00 bits per heavy atom. The first kappa shape index (κ1) is 12.0. The number of nitriles is 1. The van der Waals surface area contributed by atoms with Crippen molar-refractivity contribution >= 4 is 22.0 Å². The van der Waals surface area contributed by atoms with Gasteiger partial charge in [0.25, 0.3) is 0 Å². The number of hydrogen-bond donors (Lipinski definition) is 2. The maximum atomic E-state index is 9.66. The van der Waals surface area contributed by atoms with Crippen LogP contribution in [-0.2, 0) is 0 Å². The van der Waals surface area contributed by atoms with Gasteiger partial charge in [-0.3, -0.25) is 0 Å². The number of β-amino-alcohol motifs (C(OH)–C–C–N with tert-alkyl or cyclic N) is 1. The fourth-order valence-electron chi connectivity index (χ4n) is 2.04. The Labute approximate surface area is 104 Å². The van der Waals surface area contributed by atoms with Crippen molar-refractivity contribution in [3.05, 3.63) is 4.88 Å². The van der Waals surface area contributed by atoms with E-state index in [0.29, 0.717) is 22.9 Å². The number of rotatable bonds is 2. The predicted molar refractivity (Wildman–Crippen MR) is 67.5 cm³/mol. The second-order valence-corrected chi connectivity index (χ2v) is 5.04. The summed E-state index contributed by atoms with van der Waals surface area (Å²) in [5.41, 5.74) is 6.24. The lowest BCUT2D eigenvalue weighted by Crippen LogP contribution is -2.37. The van der Waals surface area contributed by atoms with E-state index >= 15 is 0 Å². The van der Waals surface area contributed by atoms with Crippen molar-refractivity contribution in [3.63, 3.8) is 0 Å². The lowest BCUT2D eigenvalue weighted by Gasteiger charge is -2.31. The molecule has 0 radical (unpaired) electrons. The molecule has 1 fully saturated rings. The van der Waals surface area contributed by atoms with Gasteiger partial charge in [-0.05, 0) is 12.8 Å². The Morgan fingerprint density at radius 2 is 2.41 bits per heavy atom. The average Bonchev–Trinajstić information content (AvgIpc) is 2.65. The maximum absolute atomic E-state index is 9.66. The minimum Gasteiger partial charge on any atom is -0.492 e. The largest absolute Gasteiger partial charge is 0.492 e. The molecule has 0 spiro atoms. The van der Waals surface area contributed by atoms with Crippen LogP contribution in [0, 0.1) is 11.3 Å². The number of aliphatic hydroxyl groups excluding tert-OH is 1. The highest BCUT2D eigenvalue weighted by molar-refractivity contribution is 7.17. The van der Waals surface area contributed by atoms with E-state index in [1.54, 1.807) is 7.11 Å². The highest BCUT2D eigenvalue weighted by atomic mass is 32.1. The highest BCUT2D eigenvalue weighted by Gasteiger charge is 2.25. The summed E-state index contributed by atoms with van der Waals surface area (Å²) in [5, 5.41) is 19.5. The molecule has 1 atom stereocenters. The number of nitrogens with zero attached hydrogens (tertiary/aromatic N) is 2. The Hall–Kier alpha value is -1.45. The second kappa shape index (κ2) is 4.82. The highest BCUT2D eigenvalue weighted by Crippen LogP contribution is 2.44. The van der Waals surface area contributed by atoms with Crippen molar-refractivity contribution in [2.24, 2.45) is 0 Å². The second-order valence-electron chi connectivity index (χ2n) is 4.04. The van der Waals surface area contributed by atoms with Crippen LogP contribution in [0.25, 0.3) is 0 Å². The summed E-state index contributed by atoms with van der Waals surface area (Å²) in [7, 11) is 1.55. The van der Waals surface area contributed by atoms with E-state index in [1.807, 2.05) is 4.90 Å². The summed E-state index contributed by atoms with van der Waals surface area (Å²) in [6, 6.07) is 2.07. The first-order valence-electron chi connectivity index (χ1n) is 5.46. The topological polar surface area (TPSA) is 82.5 Å². The average molecular weight is 253 g/mol. The molecule has 1 aliphatic heterocycles. The van der Waals surface area contributed by atoms with Gasteiger partial charge in [-0.1, -0.05) is 0 Å². The van der Waals surface area contributed by atoms with E-state index < -0.39 is 0 Å². The Morgan fingerprint density at radius 1 is 1.65 bits per heavy atom. The molecule has 1 unspecified atom stereocenters. The number of thiophene rings is 1. The molecule has 0 amide bonds. The lowest BCUT2D eigenvalue weighted by molar-refractivity contribution is 0.154. The van der Waals surface area contributed by atoms with Gasteiger partial charge in [-0.15, -0.1) is 11.3 Å². The fourth-order valence-corrected chi connectivity index (χ4v) is 3.07. The van der Waals surface area contributed by atoms with Crippen molar-refractivity contribution in [1.29, 1.82) is 5.26 Å². The van der Waals surface area contributed by atoms with Gasteiger partial charge >= 0.3 is 0 Å². The molecule has 1 aliphatic rings. The van der Waals surface area contributed by atoms with Gasteiger partial charge in [-0.2, -0.15) is 5.26 Å². The maximum Gasteiger partial charge on any atom is 0.177 e. The third-order valence-corrected chi connectivity index (χ3v) is 4.02. The van der Waals surface area contributed by atoms with Crippen molar-refractivity contribution in [3.8, 4) is 11.8 Å².